The fraction of sp³-hybridized carbons (Fsp3) is 0.547. The van der Waals surface area contributed by atoms with E-state index in [1.54, 1.807) is 0 Å². The highest BCUT2D eigenvalue weighted by atomic mass is 16.5. The van der Waals surface area contributed by atoms with Crippen LogP contribution in [0.2, 0.25) is 0 Å². The molecule has 0 amide bonds. The number of ether oxygens (including phenoxy) is 8. The summed E-state index contributed by atoms with van der Waals surface area (Å²) in [5.41, 5.74) is 21.5. The summed E-state index contributed by atoms with van der Waals surface area (Å²) < 4.78 is 46.9. The molecule has 7 aliphatic carbocycles. The van der Waals surface area contributed by atoms with Crippen LogP contribution in [-0.2, 0) is 50.7 Å². The molecule has 7 aliphatic rings. The SMILES string of the molecule is CC(C)C(C)OC(C)(C)C.CC(C)C(C)OC1c2ccccc2-c2ccccc21.CC(C)OC1CCc2ccccc21.CC(C)OC1c2ccccc2-c2ccccc21.CCC(C)OC1CCc2ccccc21.CCC(C)OC1c2ccccc2-c2ccccc21.COC(C)C1CCCCCC1.COC(C)C1CCCCCCC1. The van der Waals surface area contributed by atoms with Gasteiger partial charge in [0.2, 0.25) is 0 Å². The van der Waals surface area contributed by atoms with E-state index < -0.39 is 0 Å². The predicted octanol–water partition coefficient (Wildman–Crippen LogP) is 29.4. The minimum absolute atomic E-state index is 0.00366. The van der Waals surface area contributed by atoms with Crippen LogP contribution in [0.5, 0.6) is 0 Å². The second kappa shape index (κ2) is 47.7. The molecule has 15 rings (SSSR count). The van der Waals surface area contributed by atoms with E-state index in [4.69, 9.17) is 37.9 Å². The summed E-state index contributed by atoms with van der Waals surface area (Å²) in [6.45, 7) is 40.7. The largest absolute Gasteiger partial charge is 0.381 e. The summed E-state index contributed by atoms with van der Waals surface area (Å²) in [5.74, 6) is 2.80. The molecule has 8 nitrogen and oxygen atoms in total. The third-order valence-electron chi connectivity index (χ3n) is 24.1. The maximum absolute atomic E-state index is 6.33. The van der Waals surface area contributed by atoms with Gasteiger partial charge in [-0.05, 0) is 267 Å². The molecule has 622 valence electrons. The second-order valence-corrected chi connectivity index (χ2v) is 35.2. The number of rotatable bonds is 19. The molecular weight excluding hydrogens is 1400 g/mol. The maximum atomic E-state index is 6.33. The molecule has 8 aromatic carbocycles. The normalized spacial score (nSPS) is 18.4. The Morgan fingerprint density at radius 1 is 0.298 bits per heavy atom. The van der Waals surface area contributed by atoms with Crippen molar-refractivity contribution in [2.45, 2.75) is 338 Å². The van der Waals surface area contributed by atoms with E-state index in [-0.39, 0.29) is 42.2 Å². The number of methoxy groups -OCH3 is 2. The first-order chi connectivity index (χ1) is 54.9. The van der Waals surface area contributed by atoms with Gasteiger partial charge in [0.25, 0.3) is 0 Å². The van der Waals surface area contributed by atoms with Crippen molar-refractivity contribution < 1.29 is 37.9 Å². The van der Waals surface area contributed by atoms with Crippen molar-refractivity contribution in [1.82, 2.24) is 0 Å². The Labute approximate surface area is 693 Å². The standard InChI is InChI=1S/C18H20O.C17H18O.C16H16O.C13H18O.C12H16O.C11H22O.C10H20O.C9H20O/c1-12(2)13(3)19-18-16-10-6-4-8-14(16)15-9-5-7-11-17(15)18;1-3-12(2)18-17-15-10-6-4-8-13(15)14-9-5-7-11-16(14)17;1-11(2)17-16-14-9-5-3-7-12(14)13-8-4-6-10-15(13)16;1-3-10(2)14-13-9-8-11-6-4-5-7-12(11)13;1-9(2)13-12-8-7-10-5-3-4-6-11(10)12;1-10(12-2)11-8-6-4-3-5-7-9-11;1-9(11-2)10-7-5-3-4-6-8-10;1-7(2)8(3)10-9(4,5)6/h4-13,18H,1-3H3;4-12,17H,3H2,1-2H3;3-11,16H,1-2H3;4-7,10,13H,3,8-9H2,1-2H3;3-6,9,12H,7-8H2,1-2H3;10-11H,3-9H2,1-2H3;9-10H,3-8H2,1-2H3;7-8H,1-6H3. The Balaban J connectivity index is 0.000000165. The summed E-state index contributed by atoms with van der Waals surface area (Å²) >= 11 is 0. The van der Waals surface area contributed by atoms with E-state index in [0.29, 0.717) is 54.6 Å². The van der Waals surface area contributed by atoms with Crippen molar-refractivity contribution in [2.24, 2.45) is 23.7 Å². The van der Waals surface area contributed by atoms with Crippen molar-refractivity contribution in [2.75, 3.05) is 14.2 Å². The molecule has 8 atom stereocenters. The Morgan fingerprint density at radius 3 is 0.860 bits per heavy atom. The van der Waals surface area contributed by atoms with Crippen LogP contribution in [0, 0.1) is 23.7 Å². The summed E-state index contributed by atoms with van der Waals surface area (Å²) in [5, 5.41) is 0. The second-order valence-electron chi connectivity index (χ2n) is 35.2. The van der Waals surface area contributed by atoms with Crippen LogP contribution in [0.4, 0.5) is 0 Å². The molecule has 0 radical (unpaired) electrons. The first kappa shape index (κ1) is 92.9. The van der Waals surface area contributed by atoms with Crippen LogP contribution in [0.3, 0.4) is 0 Å². The van der Waals surface area contributed by atoms with Crippen LogP contribution in [0.1, 0.15) is 327 Å². The quantitative estimate of drug-likeness (QED) is 0.0742. The van der Waals surface area contributed by atoms with Crippen molar-refractivity contribution in [3.8, 4) is 33.4 Å². The highest BCUT2D eigenvalue weighted by Gasteiger charge is 2.34. The van der Waals surface area contributed by atoms with E-state index in [0.717, 1.165) is 37.5 Å². The molecule has 0 saturated heterocycles. The minimum Gasteiger partial charge on any atom is -0.381 e. The van der Waals surface area contributed by atoms with Gasteiger partial charge in [-0.3, -0.25) is 0 Å². The van der Waals surface area contributed by atoms with Gasteiger partial charge in [0.1, 0.15) is 18.3 Å². The molecule has 0 spiro atoms. The minimum atomic E-state index is 0.00366. The summed E-state index contributed by atoms with van der Waals surface area (Å²) in [6.07, 6.45) is 29.0. The van der Waals surface area contributed by atoms with Gasteiger partial charge in [-0.1, -0.05) is 293 Å². The van der Waals surface area contributed by atoms with Gasteiger partial charge in [0, 0.05) is 14.2 Å². The zero-order chi connectivity index (χ0) is 82.3. The van der Waals surface area contributed by atoms with Crippen molar-refractivity contribution in [1.29, 1.82) is 0 Å². The van der Waals surface area contributed by atoms with Crippen LogP contribution in [0.25, 0.3) is 33.4 Å². The molecule has 8 unspecified atom stereocenters. The zero-order valence-electron chi connectivity index (χ0n) is 74.5. The molecule has 114 heavy (non-hydrogen) atoms. The highest BCUT2D eigenvalue weighted by Crippen LogP contribution is 2.49. The fourth-order valence-corrected chi connectivity index (χ4v) is 16.6. The average molecular weight is 1550 g/mol. The van der Waals surface area contributed by atoms with Crippen molar-refractivity contribution >= 4 is 0 Å². The molecule has 8 aromatic rings. The third-order valence-corrected chi connectivity index (χ3v) is 24.1. The molecule has 0 aliphatic heterocycles. The van der Waals surface area contributed by atoms with Gasteiger partial charge < -0.3 is 37.9 Å². The first-order valence-electron chi connectivity index (χ1n) is 44.6. The topological polar surface area (TPSA) is 73.8 Å². The van der Waals surface area contributed by atoms with Crippen molar-refractivity contribution in [3.05, 3.63) is 250 Å². The zero-order valence-corrected chi connectivity index (χ0v) is 74.5. The van der Waals surface area contributed by atoms with Gasteiger partial charge in [-0.2, -0.15) is 0 Å². The third kappa shape index (κ3) is 27.8. The fourth-order valence-electron chi connectivity index (χ4n) is 16.6. The lowest BCUT2D eigenvalue weighted by atomic mass is 9.88. The van der Waals surface area contributed by atoms with Gasteiger partial charge >= 0.3 is 0 Å². The Morgan fingerprint density at radius 2 is 0.570 bits per heavy atom. The smallest absolute Gasteiger partial charge is 0.109 e. The first-order valence-corrected chi connectivity index (χ1v) is 44.6. The van der Waals surface area contributed by atoms with E-state index in [2.05, 4.69) is 326 Å². The lowest BCUT2D eigenvalue weighted by Gasteiger charge is -2.27. The van der Waals surface area contributed by atoms with Gasteiger partial charge in [0.15, 0.2) is 0 Å². The van der Waals surface area contributed by atoms with E-state index in [1.807, 2.05) is 14.2 Å². The Hall–Kier alpha value is -6.56. The maximum Gasteiger partial charge on any atom is 0.109 e. The van der Waals surface area contributed by atoms with Crippen LogP contribution in [-0.4, -0.2) is 68.7 Å². The summed E-state index contributed by atoms with van der Waals surface area (Å²) in [6, 6.07) is 68.6. The molecule has 8 heteroatoms. The number of aryl methyl sites for hydroxylation is 2. The Kier molecular flexibility index (Phi) is 38.9. The average Bonchev–Trinajstić information content (AvgIpc) is 1.63. The number of hydrogen-bond donors (Lipinski definition) is 0. The van der Waals surface area contributed by atoms with E-state index >= 15 is 0 Å². The highest BCUT2D eigenvalue weighted by molar-refractivity contribution is 5.80. The molecule has 0 bridgehead atoms. The molecule has 2 fully saturated rings. The number of fused-ring (bicyclic) bond motifs is 11. The number of benzene rings is 8. The predicted molar refractivity (Wildman–Crippen MR) is 481 cm³/mol. The molecular formula is C106H150O8. The summed E-state index contributed by atoms with van der Waals surface area (Å²) in [7, 11) is 3.67. The monoisotopic (exact) mass is 1550 g/mol. The lowest BCUT2D eigenvalue weighted by Crippen LogP contribution is -2.28. The van der Waals surface area contributed by atoms with Crippen LogP contribution >= 0.6 is 0 Å². The van der Waals surface area contributed by atoms with Gasteiger partial charge in [-0.25, -0.2) is 0 Å². The van der Waals surface area contributed by atoms with Gasteiger partial charge in [0.05, 0.1) is 66.6 Å². The van der Waals surface area contributed by atoms with Crippen molar-refractivity contribution in [3.63, 3.8) is 0 Å². The van der Waals surface area contributed by atoms with Crippen LogP contribution in [0.15, 0.2) is 194 Å². The lowest BCUT2D eigenvalue weighted by molar-refractivity contribution is -0.0698. The molecule has 0 aromatic heterocycles. The molecule has 0 heterocycles. The van der Waals surface area contributed by atoms with Gasteiger partial charge in [-0.15, -0.1) is 0 Å². The van der Waals surface area contributed by atoms with E-state index in [9.17, 15) is 0 Å². The molecule has 2 saturated carbocycles. The van der Waals surface area contributed by atoms with Crippen LogP contribution < -0.4 is 0 Å². The summed E-state index contributed by atoms with van der Waals surface area (Å²) in [4.78, 5) is 0. The van der Waals surface area contributed by atoms with E-state index in [1.165, 1.54) is 185 Å². The number of hydrogen-bond acceptors (Lipinski definition) is 8. The Bertz CT molecular complexity index is 3880. The molecule has 0 N–H and O–H groups in total.